The lowest BCUT2D eigenvalue weighted by molar-refractivity contribution is -0.387. The standard InChI is InChI=1S/C16H18N2O5S/c1-24(22,23)16-10-14(6-7-15(16)18(20)21)17-9-8-12-2-4-13(11-19)5-3-12/h2-7,10,17,19H,8-9,11H2,1H3. The summed E-state index contributed by atoms with van der Waals surface area (Å²) in [6.45, 7) is 0.537. The summed E-state index contributed by atoms with van der Waals surface area (Å²) in [5.74, 6) is 0. The van der Waals surface area contributed by atoms with Crippen molar-refractivity contribution in [3.05, 3.63) is 63.7 Å². The topological polar surface area (TPSA) is 110 Å². The molecule has 128 valence electrons. The second-order valence-electron chi connectivity index (χ2n) is 5.36. The minimum Gasteiger partial charge on any atom is -0.392 e. The Bertz CT molecular complexity index is 832. The second kappa shape index (κ2) is 7.41. The van der Waals surface area contributed by atoms with Gasteiger partial charge < -0.3 is 10.4 Å². The molecule has 0 aliphatic heterocycles. The van der Waals surface area contributed by atoms with Crippen molar-refractivity contribution in [2.45, 2.75) is 17.9 Å². The molecule has 0 aliphatic rings. The number of hydrogen-bond donors (Lipinski definition) is 2. The van der Waals surface area contributed by atoms with E-state index >= 15 is 0 Å². The molecule has 0 heterocycles. The number of nitrogens with zero attached hydrogens (tertiary/aromatic N) is 1. The number of rotatable bonds is 7. The lowest BCUT2D eigenvalue weighted by Crippen LogP contribution is -2.07. The molecule has 24 heavy (non-hydrogen) atoms. The van der Waals surface area contributed by atoms with Crippen molar-refractivity contribution >= 4 is 21.2 Å². The number of aliphatic hydroxyl groups is 1. The molecule has 0 saturated heterocycles. The molecule has 0 amide bonds. The molecule has 2 aromatic carbocycles. The fraction of sp³-hybridized carbons (Fsp3) is 0.250. The van der Waals surface area contributed by atoms with Crippen molar-refractivity contribution in [2.75, 3.05) is 18.1 Å². The molecule has 0 bridgehead atoms. The fourth-order valence-electron chi connectivity index (χ4n) is 2.23. The normalized spacial score (nSPS) is 11.2. The second-order valence-corrected chi connectivity index (χ2v) is 7.35. The highest BCUT2D eigenvalue weighted by Crippen LogP contribution is 2.27. The average Bonchev–Trinajstić information content (AvgIpc) is 2.54. The lowest BCUT2D eigenvalue weighted by atomic mass is 10.1. The monoisotopic (exact) mass is 350 g/mol. The molecule has 0 aliphatic carbocycles. The van der Waals surface area contributed by atoms with Gasteiger partial charge in [0.15, 0.2) is 9.84 Å². The zero-order chi connectivity index (χ0) is 17.7. The Hall–Kier alpha value is -2.45. The van der Waals surface area contributed by atoms with Gasteiger partial charge >= 0.3 is 0 Å². The van der Waals surface area contributed by atoms with Crippen LogP contribution in [-0.2, 0) is 22.9 Å². The summed E-state index contributed by atoms with van der Waals surface area (Å²) >= 11 is 0. The van der Waals surface area contributed by atoms with Crippen LogP contribution in [0.3, 0.4) is 0 Å². The Morgan fingerprint density at radius 1 is 1.12 bits per heavy atom. The van der Waals surface area contributed by atoms with Crippen LogP contribution in [0.2, 0.25) is 0 Å². The molecule has 2 N–H and O–H groups in total. The minimum absolute atomic E-state index is 0.00437. The molecule has 0 aromatic heterocycles. The highest BCUT2D eigenvalue weighted by Gasteiger charge is 2.22. The number of nitro benzene ring substituents is 1. The third-order valence-corrected chi connectivity index (χ3v) is 4.63. The first-order valence-corrected chi connectivity index (χ1v) is 9.11. The molecule has 0 unspecified atom stereocenters. The summed E-state index contributed by atoms with van der Waals surface area (Å²) in [6.07, 6.45) is 1.64. The Morgan fingerprint density at radius 3 is 2.29 bits per heavy atom. The van der Waals surface area contributed by atoms with Crippen molar-refractivity contribution in [2.24, 2.45) is 0 Å². The van der Waals surface area contributed by atoms with Crippen LogP contribution in [0.15, 0.2) is 47.4 Å². The number of sulfone groups is 1. The van der Waals surface area contributed by atoms with Gasteiger partial charge in [-0.25, -0.2) is 8.42 Å². The van der Waals surface area contributed by atoms with Gasteiger partial charge in [-0.15, -0.1) is 0 Å². The number of aliphatic hydroxyl groups excluding tert-OH is 1. The Kier molecular flexibility index (Phi) is 5.53. The van der Waals surface area contributed by atoms with Gasteiger partial charge in [-0.05, 0) is 29.7 Å². The Morgan fingerprint density at radius 2 is 1.75 bits per heavy atom. The van der Waals surface area contributed by atoms with Gasteiger partial charge in [-0.1, -0.05) is 24.3 Å². The van der Waals surface area contributed by atoms with Crippen LogP contribution in [0.1, 0.15) is 11.1 Å². The van der Waals surface area contributed by atoms with E-state index < -0.39 is 20.4 Å². The highest BCUT2D eigenvalue weighted by molar-refractivity contribution is 7.90. The summed E-state index contributed by atoms with van der Waals surface area (Å²) in [5.41, 5.74) is 1.97. The van der Waals surface area contributed by atoms with Crippen molar-refractivity contribution in [1.82, 2.24) is 0 Å². The molecule has 0 saturated carbocycles. The van der Waals surface area contributed by atoms with Crippen LogP contribution in [0.25, 0.3) is 0 Å². The van der Waals surface area contributed by atoms with Gasteiger partial charge in [0.05, 0.1) is 11.5 Å². The van der Waals surface area contributed by atoms with Crippen LogP contribution in [0.4, 0.5) is 11.4 Å². The van der Waals surface area contributed by atoms with E-state index in [9.17, 15) is 18.5 Å². The maximum atomic E-state index is 11.7. The van der Waals surface area contributed by atoms with Gasteiger partial charge in [-0.3, -0.25) is 10.1 Å². The summed E-state index contributed by atoms with van der Waals surface area (Å²) in [7, 11) is -3.69. The smallest absolute Gasteiger partial charge is 0.288 e. The first kappa shape index (κ1) is 17.9. The molecule has 0 atom stereocenters. The van der Waals surface area contributed by atoms with Gasteiger partial charge in [0.2, 0.25) is 0 Å². The van der Waals surface area contributed by atoms with Crippen molar-refractivity contribution in [3.63, 3.8) is 0 Å². The predicted molar refractivity (Wildman–Crippen MR) is 90.8 cm³/mol. The molecule has 2 rings (SSSR count). The molecule has 0 radical (unpaired) electrons. The Labute approximate surface area is 140 Å². The van der Waals surface area contributed by atoms with E-state index in [2.05, 4.69) is 5.32 Å². The van der Waals surface area contributed by atoms with E-state index in [1.165, 1.54) is 18.2 Å². The van der Waals surface area contributed by atoms with Crippen LogP contribution < -0.4 is 5.32 Å². The first-order valence-electron chi connectivity index (χ1n) is 7.22. The van der Waals surface area contributed by atoms with Gasteiger partial charge in [0.25, 0.3) is 5.69 Å². The SMILES string of the molecule is CS(=O)(=O)c1cc(NCCc2ccc(CO)cc2)ccc1[N+](=O)[O-]. The first-order chi connectivity index (χ1) is 11.3. The summed E-state index contributed by atoms with van der Waals surface area (Å²) in [5, 5.41) is 23.0. The van der Waals surface area contributed by atoms with Crippen molar-refractivity contribution in [1.29, 1.82) is 0 Å². The number of benzene rings is 2. The summed E-state index contributed by atoms with van der Waals surface area (Å²) in [6, 6.07) is 11.4. The van der Waals surface area contributed by atoms with Crippen LogP contribution in [-0.4, -0.2) is 31.2 Å². The maximum Gasteiger partial charge on any atom is 0.288 e. The van der Waals surface area contributed by atoms with E-state index in [1.54, 1.807) is 0 Å². The zero-order valence-corrected chi connectivity index (χ0v) is 13.9. The third-order valence-electron chi connectivity index (χ3n) is 3.50. The van der Waals surface area contributed by atoms with E-state index in [4.69, 9.17) is 5.11 Å². The van der Waals surface area contributed by atoms with E-state index in [0.717, 1.165) is 17.4 Å². The third kappa shape index (κ3) is 4.53. The maximum absolute atomic E-state index is 11.7. The number of hydrogen-bond acceptors (Lipinski definition) is 6. The number of anilines is 1. The minimum atomic E-state index is -3.69. The summed E-state index contributed by atoms with van der Waals surface area (Å²) in [4.78, 5) is 9.93. The molecule has 8 heteroatoms. The molecule has 2 aromatic rings. The number of nitrogens with one attached hydrogen (secondary N) is 1. The van der Waals surface area contributed by atoms with Gasteiger partial charge in [0.1, 0.15) is 4.90 Å². The fourth-order valence-corrected chi connectivity index (χ4v) is 3.10. The van der Waals surface area contributed by atoms with Gasteiger partial charge in [-0.2, -0.15) is 0 Å². The average molecular weight is 350 g/mol. The van der Waals surface area contributed by atoms with Gasteiger partial charge in [0, 0.05) is 24.6 Å². The molecular weight excluding hydrogens is 332 g/mol. The molecule has 7 nitrogen and oxygen atoms in total. The zero-order valence-electron chi connectivity index (χ0n) is 13.1. The van der Waals surface area contributed by atoms with E-state index in [1.807, 2.05) is 24.3 Å². The summed E-state index contributed by atoms with van der Waals surface area (Å²) < 4.78 is 23.4. The van der Waals surface area contributed by atoms with Crippen molar-refractivity contribution in [3.8, 4) is 0 Å². The predicted octanol–water partition coefficient (Wildman–Crippen LogP) is 2.15. The van der Waals surface area contributed by atoms with E-state index in [0.29, 0.717) is 18.7 Å². The molecular formula is C16H18N2O5S. The quantitative estimate of drug-likeness (QED) is 0.585. The van der Waals surface area contributed by atoms with Crippen LogP contribution in [0.5, 0.6) is 0 Å². The lowest BCUT2D eigenvalue weighted by Gasteiger charge is -2.09. The van der Waals surface area contributed by atoms with Crippen molar-refractivity contribution < 1.29 is 18.4 Å². The van der Waals surface area contributed by atoms with Crippen LogP contribution in [0, 0.1) is 10.1 Å². The number of nitro groups is 1. The van der Waals surface area contributed by atoms with E-state index in [-0.39, 0.29) is 11.5 Å². The highest BCUT2D eigenvalue weighted by atomic mass is 32.2. The largest absolute Gasteiger partial charge is 0.392 e. The Balaban J connectivity index is 2.08. The molecule has 0 spiro atoms. The molecule has 0 fully saturated rings. The van der Waals surface area contributed by atoms with Crippen LogP contribution >= 0.6 is 0 Å².